The van der Waals surface area contributed by atoms with Gasteiger partial charge in [0, 0.05) is 12.3 Å². The Morgan fingerprint density at radius 2 is 1.80 bits per heavy atom. The third kappa shape index (κ3) is 4.55. The molecule has 1 rings (SSSR count). The van der Waals surface area contributed by atoms with Crippen LogP contribution in [0.2, 0.25) is 0 Å². The Labute approximate surface area is 95.1 Å². The molecule has 0 radical (unpaired) electrons. The number of aromatic nitrogens is 3. The molecule has 5 nitrogen and oxygen atoms in total. The second-order valence-corrected chi connectivity index (χ2v) is 3.88. The summed E-state index contributed by atoms with van der Waals surface area (Å²) in [5, 5.41) is 0.829. The van der Waals surface area contributed by atoms with E-state index in [1.807, 2.05) is 6.26 Å². The van der Waals surface area contributed by atoms with Crippen LogP contribution >= 0.6 is 11.8 Å². The summed E-state index contributed by atoms with van der Waals surface area (Å²) in [7, 11) is 0. The molecule has 0 saturated carbocycles. The van der Waals surface area contributed by atoms with Gasteiger partial charge in [-0.25, -0.2) is 15.0 Å². The lowest BCUT2D eigenvalue weighted by Crippen LogP contribution is -2.05. The highest BCUT2D eigenvalue weighted by Gasteiger charge is 2.07. The number of hydrogen-bond acceptors (Lipinski definition) is 6. The maximum Gasteiger partial charge on any atom is 0.190 e. The molecule has 0 fully saturated rings. The lowest BCUT2D eigenvalue weighted by atomic mass is 10.2. The minimum Gasteiger partial charge on any atom is -0.274 e. The Balaban J connectivity index is 0.000000921. The first kappa shape index (κ1) is 14.3. The lowest BCUT2D eigenvalue weighted by Gasteiger charge is -2.06. The fraction of sp³-hybridized carbons (Fsp3) is 0.667. The van der Waals surface area contributed by atoms with Gasteiger partial charge < -0.3 is 0 Å². The van der Waals surface area contributed by atoms with Gasteiger partial charge in [-0.2, -0.15) is 0 Å². The summed E-state index contributed by atoms with van der Waals surface area (Å²) in [5.74, 6) is 10.2. The molecule has 1 aromatic rings. The van der Waals surface area contributed by atoms with Crippen LogP contribution in [0.1, 0.15) is 38.3 Å². The van der Waals surface area contributed by atoms with E-state index in [2.05, 4.69) is 47.4 Å². The number of hydrogen-bond donors (Lipinski definition) is 2. The van der Waals surface area contributed by atoms with E-state index in [9.17, 15) is 0 Å². The molecule has 0 spiro atoms. The van der Waals surface area contributed by atoms with Gasteiger partial charge in [-0.1, -0.05) is 32.5 Å². The number of nitrogens with zero attached hydrogens (tertiary/aromatic N) is 3. The average molecular weight is 229 g/mol. The SMILES string of the molecule is CCc1nc(SC)nc(C(C)C)n1.NN. The van der Waals surface area contributed by atoms with Crippen LogP contribution in [0.5, 0.6) is 0 Å². The van der Waals surface area contributed by atoms with E-state index < -0.39 is 0 Å². The summed E-state index contributed by atoms with van der Waals surface area (Å²) >= 11 is 1.57. The predicted octanol–water partition coefficient (Wildman–Crippen LogP) is 1.10. The number of aryl methyl sites for hydroxylation is 1. The van der Waals surface area contributed by atoms with Crippen LogP contribution in [-0.2, 0) is 6.42 Å². The maximum absolute atomic E-state index is 4.36. The van der Waals surface area contributed by atoms with E-state index in [1.54, 1.807) is 11.8 Å². The molecule has 15 heavy (non-hydrogen) atoms. The standard InChI is InChI=1S/C9H15N3S.H4N2/c1-5-7-10-8(6(2)3)12-9(11-7)13-4;1-2/h6H,5H2,1-4H3;1-2H2. The van der Waals surface area contributed by atoms with Crippen LogP contribution in [-0.4, -0.2) is 21.2 Å². The summed E-state index contributed by atoms with van der Waals surface area (Å²) < 4.78 is 0. The van der Waals surface area contributed by atoms with Crippen molar-refractivity contribution in [3.63, 3.8) is 0 Å². The minimum absolute atomic E-state index is 0.374. The third-order valence-electron chi connectivity index (χ3n) is 1.69. The quantitative estimate of drug-likeness (QED) is 0.458. The van der Waals surface area contributed by atoms with Crippen LogP contribution in [0, 0.1) is 0 Å². The molecule has 0 aliphatic rings. The van der Waals surface area contributed by atoms with Crippen molar-refractivity contribution in [2.24, 2.45) is 11.7 Å². The molecular formula is C9H19N5S. The Hall–Kier alpha value is -0.720. The van der Waals surface area contributed by atoms with Crippen molar-refractivity contribution in [1.29, 1.82) is 0 Å². The first-order valence-electron chi connectivity index (χ1n) is 4.79. The van der Waals surface area contributed by atoms with E-state index in [0.29, 0.717) is 5.92 Å². The number of rotatable bonds is 3. The Morgan fingerprint density at radius 3 is 2.20 bits per heavy atom. The largest absolute Gasteiger partial charge is 0.274 e. The van der Waals surface area contributed by atoms with Crippen molar-refractivity contribution in [3.8, 4) is 0 Å². The van der Waals surface area contributed by atoms with E-state index >= 15 is 0 Å². The molecule has 1 aromatic heterocycles. The van der Waals surface area contributed by atoms with Crippen molar-refractivity contribution >= 4 is 11.8 Å². The van der Waals surface area contributed by atoms with Crippen LogP contribution < -0.4 is 11.7 Å². The Bertz CT molecular complexity index is 268. The summed E-state index contributed by atoms with van der Waals surface area (Å²) in [6.07, 6.45) is 2.86. The molecule has 0 aliphatic carbocycles. The highest BCUT2D eigenvalue weighted by atomic mass is 32.2. The fourth-order valence-corrected chi connectivity index (χ4v) is 1.30. The topological polar surface area (TPSA) is 90.7 Å². The van der Waals surface area contributed by atoms with Gasteiger partial charge in [-0.3, -0.25) is 11.7 Å². The molecule has 6 heteroatoms. The molecule has 4 N–H and O–H groups in total. The van der Waals surface area contributed by atoms with Crippen LogP contribution in [0.25, 0.3) is 0 Å². The number of thioether (sulfide) groups is 1. The summed E-state index contributed by atoms with van der Waals surface area (Å²) in [4.78, 5) is 13.0. The molecule has 0 saturated heterocycles. The van der Waals surface area contributed by atoms with Crippen molar-refractivity contribution in [2.75, 3.05) is 6.26 Å². The molecular weight excluding hydrogens is 210 g/mol. The third-order valence-corrected chi connectivity index (χ3v) is 2.24. The van der Waals surface area contributed by atoms with Gasteiger partial charge in [0.25, 0.3) is 0 Å². The smallest absolute Gasteiger partial charge is 0.190 e. The van der Waals surface area contributed by atoms with Crippen molar-refractivity contribution in [1.82, 2.24) is 15.0 Å². The molecule has 0 amide bonds. The lowest BCUT2D eigenvalue weighted by molar-refractivity contribution is 0.693. The second kappa shape index (κ2) is 7.56. The van der Waals surface area contributed by atoms with Gasteiger partial charge in [0.05, 0.1) is 0 Å². The van der Waals surface area contributed by atoms with Crippen molar-refractivity contribution < 1.29 is 0 Å². The molecule has 86 valence electrons. The van der Waals surface area contributed by atoms with Crippen LogP contribution in [0.3, 0.4) is 0 Å². The molecule has 0 bridgehead atoms. The monoisotopic (exact) mass is 229 g/mol. The van der Waals surface area contributed by atoms with Crippen LogP contribution in [0.15, 0.2) is 5.16 Å². The highest BCUT2D eigenvalue weighted by molar-refractivity contribution is 7.98. The Morgan fingerprint density at radius 1 is 1.20 bits per heavy atom. The van der Waals surface area contributed by atoms with Crippen LogP contribution in [0.4, 0.5) is 0 Å². The van der Waals surface area contributed by atoms with E-state index in [4.69, 9.17) is 0 Å². The molecule has 0 atom stereocenters. The fourth-order valence-electron chi connectivity index (χ4n) is 0.923. The predicted molar refractivity (Wildman–Crippen MR) is 63.4 cm³/mol. The Kier molecular flexibility index (Phi) is 7.19. The minimum atomic E-state index is 0.374. The van der Waals surface area contributed by atoms with Gasteiger partial charge in [-0.05, 0) is 6.26 Å². The molecule has 0 aliphatic heterocycles. The average Bonchev–Trinajstić information content (AvgIpc) is 2.30. The molecule has 1 heterocycles. The maximum atomic E-state index is 4.36. The summed E-state index contributed by atoms with van der Waals surface area (Å²) in [6.45, 7) is 6.25. The first-order chi connectivity index (χ1) is 7.17. The van der Waals surface area contributed by atoms with Crippen molar-refractivity contribution in [2.45, 2.75) is 38.3 Å². The van der Waals surface area contributed by atoms with Gasteiger partial charge in [-0.15, -0.1) is 0 Å². The second-order valence-electron chi connectivity index (χ2n) is 3.10. The van der Waals surface area contributed by atoms with Gasteiger partial charge in [0.2, 0.25) is 0 Å². The first-order valence-corrected chi connectivity index (χ1v) is 6.02. The van der Waals surface area contributed by atoms with E-state index in [0.717, 1.165) is 23.2 Å². The molecule has 0 unspecified atom stereocenters. The summed E-state index contributed by atoms with van der Waals surface area (Å²) in [6, 6.07) is 0. The van der Waals surface area contributed by atoms with Gasteiger partial charge in [0.15, 0.2) is 5.16 Å². The zero-order chi connectivity index (χ0) is 11.8. The van der Waals surface area contributed by atoms with Gasteiger partial charge >= 0.3 is 0 Å². The summed E-state index contributed by atoms with van der Waals surface area (Å²) in [5.41, 5.74) is 0. The van der Waals surface area contributed by atoms with E-state index in [-0.39, 0.29) is 0 Å². The zero-order valence-electron chi connectivity index (χ0n) is 9.69. The molecule has 0 aromatic carbocycles. The van der Waals surface area contributed by atoms with Crippen molar-refractivity contribution in [3.05, 3.63) is 11.6 Å². The van der Waals surface area contributed by atoms with Gasteiger partial charge in [0.1, 0.15) is 11.6 Å². The number of nitrogens with two attached hydrogens (primary N) is 2. The zero-order valence-corrected chi connectivity index (χ0v) is 10.5. The normalized spacial score (nSPS) is 9.80. The number of hydrazine groups is 1. The highest BCUT2D eigenvalue weighted by Crippen LogP contribution is 2.14. The van der Waals surface area contributed by atoms with E-state index in [1.165, 1.54) is 0 Å².